The highest BCUT2D eigenvalue weighted by Crippen LogP contribution is 2.47. The quantitative estimate of drug-likeness (QED) is 0.158. The Morgan fingerprint density at radius 2 is 0.586 bits per heavy atom. The zero-order valence-electron chi connectivity index (χ0n) is 33.1. The minimum atomic E-state index is -0.0661. The smallest absolute Gasteiger partial charge is 0.00262 e. The Morgan fingerprint density at radius 1 is 0.241 bits per heavy atom. The summed E-state index contributed by atoms with van der Waals surface area (Å²) < 4.78 is 0. The molecule has 0 unspecified atom stereocenters. The van der Waals surface area contributed by atoms with Crippen molar-refractivity contribution in [3.05, 3.63) is 206 Å². The van der Waals surface area contributed by atoms with Gasteiger partial charge in [-0.3, -0.25) is 0 Å². The molecule has 11 aromatic rings. The van der Waals surface area contributed by atoms with Crippen LogP contribution >= 0.6 is 0 Å². The van der Waals surface area contributed by atoms with Crippen LogP contribution in [0.1, 0.15) is 26.3 Å². The predicted molar refractivity (Wildman–Crippen MR) is 252 cm³/mol. The van der Waals surface area contributed by atoms with E-state index in [1.807, 2.05) is 0 Å². The summed E-state index contributed by atoms with van der Waals surface area (Å²) in [6.07, 6.45) is 0. The third-order valence-corrected chi connectivity index (χ3v) is 12.3. The van der Waals surface area contributed by atoms with Crippen LogP contribution < -0.4 is 0 Å². The van der Waals surface area contributed by atoms with Gasteiger partial charge < -0.3 is 0 Å². The minimum Gasteiger partial charge on any atom is -0.0616 e. The number of hydrogen-bond acceptors (Lipinski definition) is 0. The van der Waals surface area contributed by atoms with Gasteiger partial charge in [-0.05, 0) is 138 Å². The molecule has 11 aromatic carbocycles. The van der Waals surface area contributed by atoms with Gasteiger partial charge >= 0.3 is 0 Å². The molecule has 0 heteroatoms. The molecule has 274 valence electrons. The maximum Gasteiger partial charge on any atom is -0.00262 e. The third-order valence-electron chi connectivity index (χ3n) is 12.3. The first-order valence-corrected chi connectivity index (χ1v) is 20.4. The van der Waals surface area contributed by atoms with E-state index in [0.717, 1.165) is 0 Å². The Bertz CT molecular complexity index is 3350. The SMILES string of the molecule is CC(C)(C)c1c2ccccc2c(-c2ccc3ccccc3c2)c2ccc(-c3ccc(-c4c5ccccc5c(-c5ccc6ccccc6c5)c5ccccc45)cc3)cc12. The maximum atomic E-state index is 2.45. The first-order valence-electron chi connectivity index (χ1n) is 20.4. The average Bonchev–Trinajstić information content (AvgIpc) is 3.26. The molecule has 0 aliphatic carbocycles. The second-order valence-corrected chi connectivity index (χ2v) is 16.8. The fourth-order valence-electron chi connectivity index (χ4n) is 9.75. The van der Waals surface area contributed by atoms with E-state index in [0.29, 0.717) is 0 Å². The zero-order chi connectivity index (χ0) is 39.0. The monoisotopic (exact) mass is 738 g/mol. The summed E-state index contributed by atoms with van der Waals surface area (Å²) in [5.74, 6) is 0. The van der Waals surface area contributed by atoms with E-state index >= 15 is 0 Å². The van der Waals surface area contributed by atoms with E-state index < -0.39 is 0 Å². The molecular weight excluding hydrogens is 697 g/mol. The van der Waals surface area contributed by atoms with Gasteiger partial charge in [-0.1, -0.05) is 203 Å². The van der Waals surface area contributed by atoms with Gasteiger partial charge in [0.1, 0.15) is 0 Å². The summed E-state index contributed by atoms with van der Waals surface area (Å²) in [5.41, 5.74) is 11.4. The molecule has 0 spiro atoms. The first kappa shape index (κ1) is 34.2. The summed E-state index contributed by atoms with van der Waals surface area (Å²) >= 11 is 0. The molecule has 0 fully saturated rings. The first-order chi connectivity index (χ1) is 28.4. The lowest BCUT2D eigenvalue weighted by Gasteiger charge is -2.26. The molecule has 11 rings (SSSR count). The summed E-state index contributed by atoms with van der Waals surface area (Å²) in [6, 6.07) is 74.5. The Morgan fingerprint density at radius 3 is 1.07 bits per heavy atom. The third kappa shape index (κ3) is 5.52. The number of hydrogen-bond donors (Lipinski definition) is 0. The summed E-state index contributed by atoms with van der Waals surface area (Å²) in [4.78, 5) is 0. The number of benzene rings is 11. The van der Waals surface area contributed by atoms with Crippen molar-refractivity contribution in [3.8, 4) is 44.5 Å². The topological polar surface area (TPSA) is 0 Å². The van der Waals surface area contributed by atoms with Gasteiger partial charge in [0.15, 0.2) is 0 Å². The lowest BCUT2D eigenvalue weighted by Crippen LogP contribution is -2.13. The highest BCUT2D eigenvalue weighted by molar-refractivity contribution is 6.22. The fraction of sp³-hybridized carbons (Fsp3) is 0.0690. The van der Waals surface area contributed by atoms with Crippen LogP contribution in [0.15, 0.2) is 200 Å². The van der Waals surface area contributed by atoms with Crippen LogP contribution in [-0.2, 0) is 5.41 Å². The number of rotatable bonds is 4. The average molecular weight is 739 g/mol. The lowest BCUT2D eigenvalue weighted by molar-refractivity contribution is 0.601. The van der Waals surface area contributed by atoms with Gasteiger partial charge in [0.25, 0.3) is 0 Å². The second kappa shape index (κ2) is 13.3. The van der Waals surface area contributed by atoms with Gasteiger partial charge in [-0.2, -0.15) is 0 Å². The standard InChI is InChI=1S/C58H42/c1-58(2,3)57-52-23-13-12-22-50(52)56(45-31-27-38-15-5-7-17-42(38)35-45)51-33-32-43(36-53(51)57)39-24-28-40(29-25-39)54-46-18-8-10-20-48(46)55(49-21-11-9-19-47(49)54)44-30-26-37-14-4-6-16-41(37)34-44/h4-36H,1-3H3. The highest BCUT2D eigenvalue weighted by Gasteiger charge is 2.24. The molecule has 0 saturated heterocycles. The molecular formula is C58H42. The van der Waals surface area contributed by atoms with Gasteiger partial charge in [-0.25, -0.2) is 0 Å². The summed E-state index contributed by atoms with van der Waals surface area (Å²) in [6.45, 7) is 7.06. The molecule has 0 N–H and O–H groups in total. The van der Waals surface area contributed by atoms with Crippen LogP contribution in [0.5, 0.6) is 0 Å². The number of fused-ring (bicyclic) bond motifs is 6. The van der Waals surface area contributed by atoms with Crippen molar-refractivity contribution in [2.75, 3.05) is 0 Å². The molecule has 0 amide bonds. The molecule has 0 aliphatic heterocycles. The van der Waals surface area contributed by atoms with Gasteiger partial charge in [0, 0.05) is 0 Å². The molecule has 58 heavy (non-hydrogen) atoms. The van der Waals surface area contributed by atoms with E-state index in [4.69, 9.17) is 0 Å². The fourth-order valence-corrected chi connectivity index (χ4v) is 9.75. The van der Waals surface area contributed by atoms with Crippen LogP contribution in [0.4, 0.5) is 0 Å². The Hall–Kier alpha value is -7.02. The van der Waals surface area contributed by atoms with E-state index in [2.05, 4.69) is 221 Å². The van der Waals surface area contributed by atoms with E-state index in [1.165, 1.54) is 115 Å². The molecule has 0 heterocycles. The largest absolute Gasteiger partial charge is 0.0616 e. The van der Waals surface area contributed by atoms with E-state index in [-0.39, 0.29) is 5.41 Å². The van der Waals surface area contributed by atoms with E-state index in [9.17, 15) is 0 Å². The Balaban J connectivity index is 1.08. The van der Waals surface area contributed by atoms with Crippen LogP contribution in [0.3, 0.4) is 0 Å². The molecule has 0 bridgehead atoms. The van der Waals surface area contributed by atoms with Gasteiger partial charge in [0.2, 0.25) is 0 Å². The highest BCUT2D eigenvalue weighted by atomic mass is 14.3. The van der Waals surface area contributed by atoms with E-state index in [1.54, 1.807) is 0 Å². The summed E-state index contributed by atoms with van der Waals surface area (Å²) in [7, 11) is 0. The van der Waals surface area contributed by atoms with Crippen molar-refractivity contribution in [2.24, 2.45) is 0 Å². The zero-order valence-corrected chi connectivity index (χ0v) is 33.1. The molecule has 0 atom stereocenters. The van der Waals surface area contributed by atoms with Crippen LogP contribution in [0.25, 0.3) is 109 Å². The van der Waals surface area contributed by atoms with Gasteiger partial charge in [0.05, 0.1) is 0 Å². The minimum absolute atomic E-state index is 0.0661. The normalized spacial score (nSPS) is 12.1. The Kier molecular flexibility index (Phi) is 7.85. The van der Waals surface area contributed by atoms with Crippen LogP contribution in [0.2, 0.25) is 0 Å². The predicted octanol–water partition coefficient (Wildman–Crippen LogP) is 16.6. The lowest BCUT2D eigenvalue weighted by atomic mass is 9.77. The van der Waals surface area contributed by atoms with Crippen molar-refractivity contribution in [1.82, 2.24) is 0 Å². The summed E-state index contributed by atoms with van der Waals surface area (Å²) in [5, 5.41) is 15.4. The van der Waals surface area contributed by atoms with Crippen molar-refractivity contribution < 1.29 is 0 Å². The molecule has 0 nitrogen and oxygen atoms in total. The molecule has 0 saturated carbocycles. The maximum absolute atomic E-state index is 2.45. The van der Waals surface area contributed by atoms with Crippen molar-refractivity contribution in [3.63, 3.8) is 0 Å². The van der Waals surface area contributed by atoms with Gasteiger partial charge in [-0.15, -0.1) is 0 Å². The molecule has 0 radical (unpaired) electrons. The van der Waals surface area contributed by atoms with Crippen molar-refractivity contribution >= 4 is 64.6 Å². The molecule has 0 aromatic heterocycles. The van der Waals surface area contributed by atoms with Crippen LogP contribution in [-0.4, -0.2) is 0 Å². The molecule has 0 aliphatic rings. The second-order valence-electron chi connectivity index (χ2n) is 16.8. The van der Waals surface area contributed by atoms with Crippen LogP contribution in [0, 0.1) is 0 Å². The van der Waals surface area contributed by atoms with Crippen molar-refractivity contribution in [2.45, 2.75) is 26.2 Å². The Labute approximate surface area is 339 Å². The van der Waals surface area contributed by atoms with Crippen molar-refractivity contribution in [1.29, 1.82) is 0 Å².